The van der Waals surface area contributed by atoms with Crippen molar-refractivity contribution in [2.45, 2.75) is 33.1 Å². The Balaban J connectivity index is 1.70. The van der Waals surface area contributed by atoms with Crippen LogP contribution in [0.15, 0.2) is 36.4 Å². The van der Waals surface area contributed by atoms with E-state index in [9.17, 15) is 4.79 Å². The fourth-order valence-corrected chi connectivity index (χ4v) is 2.90. The SMILES string of the molecule is Cc1ccc(C)c(C(=O)COc2ccc3c(c2)CCC3)c1. The van der Waals surface area contributed by atoms with Crippen LogP contribution in [0, 0.1) is 13.8 Å². The number of ketones is 1. The van der Waals surface area contributed by atoms with E-state index in [0.717, 1.165) is 35.3 Å². The molecule has 2 aromatic rings. The minimum absolute atomic E-state index is 0.0386. The number of fused-ring (bicyclic) bond motifs is 1. The number of carbonyl (C=O) groups is 1. The van der Waals surface area contributed by atoms with Gasteiger partial charge >= 0.3 is 0 Å². The summed E-state index contributed by atoms with van der Waals surface area (Å²) in [5, 5.41) is 0. The zero-order valence-corrected chi connectivity index (χ0v) is 12.6. The molecule has 0 spiro atoms. The van der Waals surface area contributed by atoms with Crippen LogP contribution in [-0.4, -0.2) is 12.4 Å². The quantitative estimate of drug-likeness (QED) is 0.790. The van der Waals surface area contributed by atoms with Gasteiger partial charge in [-0.15, -0.1) is 0 Å². The van der Waals surface area contributed by atoms with Crippen LogP contribution in [0.1, 0.15) is 39.0 Å². The highest BCUT2D eigenvalue weighted by Gasteiger charge is 2.13. The van der Waals surface area contributed by atoms with Gasteiger partial charge in [-0.2, -0.15) is 0 Å². The van der Waals surface area contributed by atoms with Crippen LogP contribution in [0.5, 0.6) is 5.75 Å². The second-order valence-corrected chi connectivity index (χ2v) is 5.81. The third-order valence-corrected chi connectivity index (χ3v) is 4.13. The molecule has 0 radical (unpaired) electrons. The highest BCUT2D eigenvalue weighted by molar-refractivity contribution is 5.98. The van der Waals surface area contributed by atoms with Crippen molar-refractivity contribution < 1.29 is 9.53 Å². The molecule has 1 aliphatic rings. The van der Waals surface area contributed by atoms with E-state index >= 15 is 0 Å². The smallest absolute Gasteiger partial charge is 0.200 e. The number of carbonyl (C=O) groups excluding carboxylic acids is 1. The van der Waals surface area contributed by atoms with Gasteiger partial charge in [0.15, 0.2) is 12.4 Å². The monoisotopic (exact) mass is 280 g/mol. The van der Waals surface area contributed by atoms with E-state index in [4.69, 9.17) is 4.74 Å². The average molecular weight is 280 g/mol. The van der Waals surface area contributed by atoms with Gasteiger partial charge in [0.25, 0.3) is 0 Å². The molecule has 0 saturated heterocycles. The summed E-state index contributed by atoms with van der Waals surface area (Å²) < 4.78 is 5.69. The molecule has 0 heterocycles. The van der Waals surface area contributed by atoms with Crippen LogP contribution in [0.3, 0.4) is 0 Å². The predicted octanol–water partition coefficient (Wildman–Crippen LogP) is 4.05. The lowest BCUT2D eigenvalue weighted by Crippen LogP contribution is -2.13. The molecular formula is C19H20O2. The molecule has 3 rings (SSSR count). The zero-order chi connectivity index (χ0) is 14.8. The summed E-state index contributed by atoms with van der Waals surface area (Å²) in [7, 11) is 0. The molecule has 0 amide bonds. The molecule has 2 aromatic carbocycles. The van der Waals surface area contributed by atoms with Gasteiger partial charge in [0, 0.05) is 5.56 Å². The summed E-state index contributed by atoms with van der Waals surface area (Å²) in [6, 6.07) is 12.1. The second-order valence-electron chi connectivity index (χ2n) is 5.81. The Morgan fingerprint density at radius 3 is 2.71 bits per heavy atom. The van der Waals surface area contributed by atoms with Crippen molar-refractivity contribution in [1.29, 1.82) is 0 Å². The summed E-state index contributed by atoms with van der Waals surface area (Å²) in [4.78, 5) is 12.3. The fraction of sp³-hybridized carbons (Fsp3) is 0.316. The lowest BCUT2D eigenvalue weighted by atomic mass is 10.0. The third kappa shape index (κ3) is 2.99. The average Bonchev–Trinajstić information content (AvgIpc) is 2.94. The van der Waals surface area contributed by atoms with Crippen LogP contribution < -0.4 is 4.74 Å². The normalized spacial score (nSPS) is 13.0. The summed E-state index contributed by atoms with van der Waals surface area (Å²) in [5.41, 5.74) is 5.65. The molecule has 0 aromatic heterocycles. The molecule has 1 aliphatic carbocycles. The van der Waals surface area contributed by atoms with Gasteiger partial charge < -0.3 is 4.74 Å². The molecule has 0 bridgehead atoms. The number of benzene rings is 2. The van der Waals surface area contributed by atoms with Crippen molar-refractivity contribution in [3.8, 4) is 5.75 Å². The predicted molar refractivity (Wildman–Crippen MR) is 84.2 cm³/mol. The van der Waals surface area contributed by atoms with Crippen LogP contribution in [0.4, 0.5) is 0 Å². The van der Waals surface area contributed by atoms with E-state index in [1.165, 1.54) is 17.5 Å². The first-order valence-electron chi connectivity index (χ1n) is 7.48. The molecule has 0 N–H and O–H groups in total. The first-order valence-corrected chi connectivity index (χ1v) is 7.48. The third-order valence-electron chi connectivity index (χ3n) is 4.13. The van der Waals surface area contributed by atoms with Crippen LogP contribution >= 0.6 is 0 Å². The van der Waals surface area contributed by atoms with Gasteiger partial charge in [-0.05, 0) is 68.0 Å². The number of aryl methyl sites for hydroxylation is 4. The van der Waals surface area contributed by atoms with Gasteiger partial charge in [-0.25, -0.2) is 0 Å². The van der Waals surface area contributed by atoms with Gasteiger partial charge in [-0.3, -0.25) is 4.79 Å². The summed E-state index contributed by atoms with van der Waals surface area (Å²) >= 11 is 0. The topological polar surface area (TPSA) is 26.3 Å². The largest absolute Gasteiger partial charge is 0.485 e. The van der Waals surface area contributed by atoms with Crippen molar-refractivity contribution in [3.05, 3.63) is 64.2 Å². The van der Waals surface area contributed by atoms with Crippen LogP contribution in [0.2, 0.25) is 0 Å². The van der Waals surface area contributed by atoms with Gasteiger partial charge in [0.1, 0.15) is 5.75 Å². The molecule has 0 atom stereocenters. The Labute approximate surface area is 125 Å². The van der Waals surface area contributed by atoms with Crippen molar-refractivity contribution in [2.75, 3.05) is 6.61 Å². The van der Waals surface area contributed by atoms with E-state index < -0.39 is 0 Å². The maximum atomic E-state index is 12.3. The van der Waals surface area contributed by atoms with Crippen LogP contribution in [-0.2, 0) is 12.8 Å². The molecule has 21 heavy (non-hydrogen) atoms. The van der Waals surface area contributed by atoms with Gasteiger partial charge in [0.2, 0.25) is 0 Å². The fourth-order valence-electron chi connectivity index (χ4n) is 2.90. The molecule has 0 saturated carbocycles. The van der Waals surface area contributed by atoms with E-state index in [0.29, 0.717) is 0 Å². The summed E-state index contributed by atoms with van der Waals surface area (Å²) in [6.45, 7) is 4.06. The Bertz CT molecular complexity index is 686. The summed E-state index contributed by atoms with van der Waals surface area (Å²) in [6.07, 6.45) is 3.51. The van der Waals surface area contributed by atoms with Crippen molar-refractivity contribution in [3.63, 3.8) is 0 Å². The van der Waals surface area contributed by atoms with Crippen molar-refractivity contribution >= 4 is 5.78 Å². The van der Waals surface area contributed by atoms with Gasteiger partial charge in [-0.1, -0.05) is 23.8 Å². The van der Waals surface area contributed by atoms with Crippen LogP contribution in [0.25, 0.3) is 0 Å². The van der Waals surface area contributed by atoms with E-state index in [2.05, 4.69) is 12.1 Å². The first-order chi connectivity index (χ1) is 10.1. The maximum absolute atomic E-state index is 12.3. The highest BCUT2D eigenvalue weighted by Crippen LogP contribution is 2.26. The van der Waals surface area contributed by atoms with E-state index in [1.807, 2.05) is 38.1 Å². The summed E-state index contributed by atoms with van der Waals surface area (Å²) in [5.74, 6) is 0.839. The first kappa shape index (κ1) is 13.9. The van der Waals surface area contributed by atoms with Crippen molar-refractivity contribution in [2.24, 2.45) is 0 Å². The lowest BCUT2D eigenvalue weighted by molar-refractivity contribution is 0.0921. The van der Waals surface area contributed by atoms with Crippen molar-refractivity contribution in [1.82, 2.24) is 0 Å². The molecular weight excluding hydrogens is 260 g/mol. The number of hydrogen-bond acceptors (Lipinski definition) is 2. The van der Waals surface area contributed by atoms with E-state index in [-0.39, 0.29) is 12.4 Å². The standard InChI is InChI=1S/C19H20O2/c1-13-6-7-14(2)18(10-13)19(20)12-21-17-9-8-15-4-3-5-16(15)11-17/h6-11H,3-5,12H2,1-2H3. The number of Topliss-reactive ketones (excluding diaryl/α,β-unsaturated/α-hetero) is 1. The molecule has 0 unspecified atom stereocenters. The minimum Gasteiger partial charge on any atom is -0.485 e. The Kier molecular flexibility index (Phi) is 3.78. The molecule has 2 nitrogen and oxygen atoms in total. The zero-order valence-electron chi connectivity index (χ0n) is 12.6. The highest BCUT2D eigenvalue weighted by atomic mass is 16.5. The molecule has 108 valence electrons. The maximum Gasteiger partial charge on any atom is 0.200 e. The van der Waals surface area contributed by atoms with E-state index in [1.54, 1.807) is 0 Å². The Hall–Kier alpha value is -2.09. The number of hydrogen-bond donors (Lipinski definition) is 0. The molecule has 0 fully saturated rings. The Morgan fingerprint density at radius 2 is 1.86 bits per heavy atom. The number of ether oxygens (including phenoxy) is 1. The minimum atomic E-state index is 0.0386. The molecule has 0 aliphatic heterocycles. The molecule has 2 heteroatoms. The van der Waals surface area contributed by atoms with Gasteiger partial charge in [0.05, 0.1) is 0 Å². The second kappa shape index (κ2) is 5.72. The Morgan fingerprint density at radius 1 is 1.05 bits per heavy atom. The lowest BCUT2D eigenvalue weighted by Gasteiger charge is -2.09. The number of rotatable bonds is 4.